The van der Waals surface area contributed by atoms with E-state index in [0.717, 1.165) is 25.6 Å². The Morgan fingerprint density at radius 1 is 1.36 bits per heavy atom. The summed E-state index contributed by atoms with van der Waals surface area (Å²) in [6.07, 6.45) is 2.49. The highest BCUT2D eigenvalue weighted by Crippen LogP contribution is 2.29. The number of nitrogens with one attached hydrogen (secondary N) is 1. The summed E-state index contributed by atoms with van der Waals surface area (Å²) >= 11 is 1.79. The van der Waals surface area contributed by atoms with Crippen LogP contribution in [0.25, 0.3) is 0 Å². The van der Waals surface area contributed by atoms with Crippen LogP contribution in [0.5, 0.6) is 0 Å². The van der Waals surface area contributed by atoms with E-state index in [2.05, 4.69) is 49.6 Å². The fourth-order valence-corrected chi connectivity index (χ4v) is 3.93. The number of carbonyl (C=O) groups is 1. The normalized spacial score (nSPS) is 17.2. The predicted molar refractivity (Wildman–Crippen MR) is 98.9 cm³/mol. The van der Waals surface area contributed by atoms with E-state index in [-0.39, 0.29) is 5.69 Å². The summed E-state index contributed by atoms with van der Waals surface area (Å²) in [5, 5.41) is 13.5. The number of aromatic nitrogens is 2. The fourth-order valence-electron chi connectivity index (χ4n) is 3.07. The average Bonchev–Trinajstić information content (AvgIpc) is 3.17. The van der Waals surface area contributed by atoms with Gasteiger partial charge < -0.3 is 10.1 Å². The minimum atomic E-state index is -0.474. The van der Waals surface area contributed by atoms with Gasteiger partial charge in [0, 0.05) is 11.4 Å². The van der Waals surface area contributed by atoms with Gasteiger partial charge in [-0.2, -0.15) is 0 Å². The van der Waals surface area contributed by atoms with Gasteiger partial charge in [-0.3, -0.25) is 4.90 Å². The Morgan fingerprint density at radius 3 is 2.76 bits per heavy atom. The van der Waals surface area contributed by atoms with Crippen molar-refractivity contribution in [2.45, 2.75) is 25.8 Å². The van der Waals surface area contributed by atoms with E-state index in [4.69, 9.17) is 0 Å². The fraction of sp³-hybridized carbons (Fsp3) is 0.500. The third-order valence-corrected chi connectivity index (χ3v) is 5.64. The number of piperidine rings is 1. The first-order valence-electron chi connectivity index (χ1n) is 8.60. The van der Waals surface area contributed by atoms with Crippen molar-refractivity contribution in [2.24, 2.45) is 5.92 Å². The summed E-state index contributed by atoms with van der Waals surface area (Å²) < 4.78 is 4.64. The lowest BCUT2D eigenvalue weighted by atomic mass is 9.97. The Balaban J connectivity index is 1.65. The van der Waals surface area contributed by atoms with Crippen LogP contribution in [0.2, 0.25) is 0 Å². The molecule has 1 N–H and O–H groups in total. The van der Waals surface area contributed by atoms with E-state index in [1.807, 2.05) is 0 Å². The number of thiophene rings is 1. The molecule has 0 radical (unpaired) electrons. The molecule has 25 heavy (non-hydrogen) atoms. The molecular formula is C18H24N4O2S. The first-order chi connectivity index (χ1) is 12.2. The van der Waals surface area contributed by atoms with E-state index in [0.29, 0.717) is 11.9 Å². The molecule has 1 saturated heterocycles. The van der Waals surface area contributed by atoms with Gasteiger partial charge in [-0.1, -0.05) is 13.0 Å². The average molecular weight is 360 g/mol. The zero-order valence-corrected chi connectivity index (χ0v) is 15.5. The number of nitrogens with zero attached hydrogens (tertiary/aromatic N) is 3. The second-order valence-electron chi connectivity index (χ2n) is 6.43. The molecule has 2 aromatic rings. The van der Waals surface area contributed by atoms with Gasteiger partial charge in [-0.25, -0.2) is 4.79 Å². The van der Waals surface area contributed by atoms with Gasteiger partial charge in [0.25, 0.3) is 0 Å². The lowest BCUT2D eigenvalue weighted by Gasteiger charge is -2.36. The Hall–Kier alpha value is -1.99. The number of carbonyl (C=O) groups excluding carboxylic acids is 1. The lowest BCUT2D eigenvalue weighted by Crippen LogP contribution is -2.38. The molecule has 3 heterocycles. The van der Waals surface area contributed by atoms with Crippen LogP contribution in [0.15, 0.2) is 29.6 Å². The molecule has 0 amide bonds. The van der Waals surface area contributed by atoms with Crippen LogP contribution in [0.1, 0.15) is 41.2 Å². The molecule has 134 valence electrons. The number of methoxy groups -OCH3 is 1. The molecule has 7 heteroatoms. The monoisotopic (exact) mass is 360 g/mol. The second kappa shape index (κ2) is 8.40. The van der Waals surface area contributed by atoms with Crippen molar-refractivity contribution in [3.8, 4) is 0 Å². The third kappa shape index (κ3) is 4.55. The van der Waals surface area contributed by atoms with Crippen LogP contribution >= 0.6 is 11.3 Å². The van der Waals surface area contributed by atoms with Gasteiger partial charge in [-0.05, 0) is 55.4 Å². The van der Waals surface area contributed by atoms with Crippen LogP contribution in [0, 0.1) is 5.92 Å². The summed E-state index contributed by atoms with van der Waals surface area (Å²) in [6.45, 7) is 5.34. The van der Waals surface area contributed by atoms with Crippen LogP contribution in [-0.4, -0.2) is 47.8 Å². The summed E-state index contributed by atoms with van der Waals surface area (Å²) in [6, 6.07) is 8.02. The third-order valence-electron chi connectivity index (χ3n) is 4.67. The standard InChI is InChI=1S/C18H24N4O2S/c1-13-7-9-22(10-8-13)15(16-4-3-11-25-16)12-19-17-6-5-14(20-21-17)18(23)24-2/h3-6,11,13,15H,7-10,12H2,1-2H3,(H,19,21). The molecule has 1 unspecified atom stereocenters. The lowest BCUT2D eigenvalue weighted by molar-refractivity contribution is 0.0592. The highest BCUT2D eigenvalue weighted by Gasteiger charge is 2.25. The summed E-state index contributed by atoms with van der Waals surface area (Å²) in [5.41, 5.74) is 0.216. The van der Waals surface area contributed by atoms with Crippen LogP contribution in [-0.2, 0) is 4.74 Å². The molecular weight excluding hydrogens is 336 g/mol. The highest BCUT2D eigenvalue weighted by atomic mass is 32.1. The Labute approximate surface area is 152 Å². The molecule has 1 fully saturated rings. The number of hydrogen-bond donors (Lipinski definition) is 1. The van der Waals surface area contributed by atoms with E-state index in [9.17, 15) is 4.79 Å². The van der Waals surface area contributed by atoms with Gasteiger partial charge in [0.15, 0.2) is 5.69 Å². The second-order valence-corrected chi connectivity index (χ2v) is 7.41. The van der Waals surface area contributed by atoms with Crippen LogP contribution in [0.3, 0.4) is 0 Å². The molecule has 6 nitrogen and oxygen atoms in total. The Bertz CT molecular complexity index is 667. The summed E-state index contributed by atoms with van der Waals surface area (Å²) in [4.78, 5) is 15.3. The van der Waals surface area contributed by atoms with Crippen molar-refractivity contribution in [1.82, 2.24) is 15.1 Å². The highest BCUT2D eigenvalue weighted by molar-refractivity contribution is 7.10. The smallest absolute Gasteiger partial charge is 0.358 e. The van der Waals surface area contributed by atoms with Gasteiger partial charge in [0.1, 0.15) is 5.82 Å². The topological polar surface area (TPSA) is 67.3 Å². The van der Waals surface area contributed by atoms with E-state index >= 15 is 0 Å². The SMILES string of the molecule is COC(=O)c1ccc(NCC(c2cccs2)N2CCC(C)CC2)nn1. The Morgan fingerprint density at radius 2 is 2.16 bits per heavy atom. The molecule has 0 saturated carbocycles. The molecule has 3 rings (SSSR count). The van der Waals surface area contributed by atoms with E-state index < -0.39 is 5.97 Å². The van der Waals surface area contributed by atoms with Crippen molar-refractivity contribution in [3.05, 3.63) is 40.2 Å². The van der Waals surface area contributed by atoms with Crippen molar-refractivity contribution in [2.75, 3.05) is 32.1 Å². The first-order valence-corrected chi connectivity index (χ1v) is 9.48. The van der Waals surface area contributed by atoms with Gasteiger partial charge in [0.2, 0.25) is 0 Å². The first kappa shape index (κ1) is 17.8. The van der Waals surface area contributed by atoms with Crippen molar-refractivity contribution >= 4 is 23.1 Å². The van der Waals surface area contributed by atoms with E-state index in [1.54, 1.807) is 23.5 Å². The molecule has 2 aromatic heterocycles. The van der Waals surface area contributed by atoms with Gasteiger partial charge in [-0.15, -0.1) is 21.5 Å². The quantitative estimate of drug-likeness (QED) is 0.798. The number of likely N-dealkylation sites (tertiary alicyclic amines) is 1. The van der Waals surface area contributed by atoms with E-state index in [1.165, 1.54) is 24.8 Å². The number of anilines is 1. The zero-order valence-electron chi connectivity index (χ0n) is 14.6. The van der Waals surface area contributed by atoms with Crippen LogP contribution < -0.4 is 5.32 Å². The zero-order chi connectivity index (χ0) is 17.6. The molecule has 0 bridgehead atoms. The minimum Gasteiger partial charge on any atom is -0.464 e. The maximum absolute atomic E-state index is 11.4. The summed E-state index contributed by atoms with van der Waals surface area (Å²) in [5.74, 6) is 1.00. The number of hydrogen-bond acceptors (Lipinski definition) is 7. The Kier molecular flexibility index (Phi) is 5.99. The number of rotatable bonds is 6. The predicted octanol–water partition coefficient (Wildman–Crippen LogP) is 3.21. The summed E-state index contributed by atoms with van der Waals surface area (Å²) in [7, 11) is 1.33. The van der Waals surface area contributed by atoms with Gasteiger partial charge >= 0.3 is 5.97 Å². The number of ether oxygens (including phenoxy) is 1. The molecule has 1 aliphatic heterocycles. The van der Waals surface area contributed by atoms with Crippen molar-refractivity contribution < 1.29 is 9.53 Å². The molecule has 0 aliphatic carbocycles. The van der Waals surface area contributed by atoms with Gasteiger partial charge in [0.05, 0.1) is 13.2 Å². The van der Waals surface area contributed by atoms with Crippen molar-refractivity contribution in [3.63, 3.8) is 0 Å². The maximum atomic E-state index is 11.4. The van der Waals surface area contributed by atoms with Crippen LogP contribution in [0.4, 0.5) is 5.82 Å². The molecule has 0 spiro atoms. The minimum absolute atomic E-state index is 0.216. The number of esters is 1. The van der Waals surface area contributed by atoms with Crippen molar-refractivity contribution in [1.29, 1.82) is 0 Å². The molecule has 1 atom stereocenters. The molecule has 0 aromatic carbocycles. The largest absolute Gasteiger partial charge is 0.464 e. The maximum Gasteiger partial charge on any atom is 0.358 e. The molecule has 1 aliphatic rings.